The first-order valence-electron chi connectivity index (χ1n) is 6.64. The molecule has 0 fully saturated rings. The number of aromatic nitrogens is 3. The van der Waals surface area contributed by atoms with Gasteiger partial charge in [0.05, 0.1) is 28.5 Å². The van der Waals surface area contributed by atoms with Crippen molar-refractivity contribution >= 4 is 28.2 Å². The summed E-state index contributed by atoms with van der Waals surface area (Å²) in [5.74, 6) is 0. The van der Waals surface area contributed by atoms with Gasteiger partial charge in [0.2, 0.25) is 0 Å². The summed E-state index contributed by atoms with van der Waals surface area (Å²) in [4.78, 5) is 0. The number of aryl methyl sites for hydroxylation is 2. The topological polar surface area (TPSA) is 48.8 Å². The molecule has 0 aliphatic rings. The third-order valence-corrected chi connectivity index (χ3v) is 4.06. The molecule has 0 aliphatic carbocycles. The van der Waals surface area contributed by atoms with Gasteiger partial charge in [-0.25, -0.2) is 0 Å². The Balaban J connectivity index is 2.05. The van der Waals surface area contributed by atoms with Gasteiger partial charge < -0.3 is 10.3 Å². The first-order chi connectivity index (χ1) is 9.60. The summed E-state index contributed by atoms with van der Waals surface area (Å²) in [6.07, 6.45) is 2.89. The summed E-state index contributed by atoms with van der Waals surface area (Å²) in [6.45, 7) is 2.75. The number of nitrogen functional groups attached to an aromatic ring is 1. The highest BCUT2D eigenvalue weighted by atomic mass is 35.5. The number of halogens is 1. The molecule has 2 N–H and O–H groups in total. The van der Waals surface area contributed by atoms with Gasteiger partial charge in [-0.1, -0.05) is 24.6 Å². The van der Waals surface area contributed by atoms with Crippen molar-refractivity contribution < 1.29 is 0 Å². The molecule has 1 aromatic carbocycles. The van der Waals surface area contributed by atoms with Gasteiger partial charge in [-0.05, 0) is 30.0 Å². The van der Waals surface area contributed by atoms with E-state index < -0.39 is 0 Å². The lowest BCUT2D eigenvalue weighted by Crippen LogP contribution is -2.05. The van der Waals surface area contributed by atoms with Crippen molar-refractivity contribution in [3.8, 4) is 0 Å². The van der Waals surface area contributed by atoms with E-state index in [0.29, 0.717) is 6.54 Å². The fourth-order valence-electron chi connectivity index (χ4n) is 2.49. The molecule has 3 rings (SSSR count). The van der Waals surface area contributed by atoms with Crippen LogP contribution in [0.3, 0.4) is 0 Å². The van der Waals surface area contributed by atoms with Crippen molar-refractivity contribution in [1.82, 2.24) is 14.3 Å². The molecule has 0 saturated carbocycles. The number of fused-ring (bicyclic) bond motifs is 1. The van der Waals surface area contributed by atoms with Crippen molar-refractivity contribution in [1.29, 1.82) is 0 Å². The number of benzene rings is 1. The average molecular weight is 289 g/mol. The summed E-state index contributed by atoms with van der Waals surface area (Å²) in [5, 5.41) is 6.39. The fraction of sp³-hybridized carbons (Fsp3) is 0.267. The van der Waals surface area contributed by atoms with E-state index in [1.807, 2.05) is 29.9 Å². The number of nitrogens with zero attached hydrogens (tertiary/aromatic N) is 3. The largest absolute Gasteiger partial charge is 0.399 e. The van der Waals surface area contributed by atoms with Crippen LogP contribution in [0.1, 0.15) is 18.3 Å². The summed E-state index contributed by atoms with van der Waals surface area (Å²) < 4.78 is 4.01. The van der Waals surface area contributed by atoms with Gasteiger partial charge in [-0.15, -0.1) is 0 Å². The van der Waals surface area contributed by atoms with Crippen molar-refractivity contribution in [2.45, 2.75) is 19.9 Å². The zero-order chi connectivity index (χ0) is 14.3. The Kier molecular flexibility index (Phi) is 3.18. The lowest BCUT2D eigenvalue weighted by atomic mass is 10.2. The maximum atomic E-state index is 6.41. The smallest absolute Gasteiger partial charge is 0.0868 e. The van der Waals surface area contributed by atoms with E-state index in [1.54, 1.807) is 0 Å². The van der Waals surface area contributed by atoms with Crippen LogP contribution in [-0.2, 0) is 20.0 Å². The second kappa shape index (κ2) is 4.87. The molecule has 0 aliphatic heterocycles. The lowest BCUT2D eigenvalue weighted by Gasteiger charge is -2.07. The molecule has 0 radical (unpaired) electrons. The van der Waals surface area contributed by atoms with Gasteiger partial charge in [0.15, 0.2) is 0 Å². The van der Waals surface area contributed by atoms with Crippen LogP contribution in [0.25, 0.3) is 10.9 Å². The van der Waals surface area contributed by atoms with Crippen LogP contribution in [0.4, 0.5) is 5.69 Å². The van der Waals surface area contributed by atoms with Gasteiger partial charge >= 0.3 is 0 Å². The zero-order valence-corrected chi connectivity index (χ0v) is 12.4. The van der Waals surface area contributed by atoms with Crippen LogP contribution in [-0.4, -0.2) is 14.3 Å². The zero-order valence-electron chi connectivity index (χ0n) is 11.6. The standard InChI is InChI=1S/C15H17ClN4/c1-3-12-15(16)14(19(2)18-12)9-20-7-6-10-4-5-11(17)8-13(10)20/h4-8H,3,9,17H2,1-2H3. The second-order valence-electron chi connectivity index (χ2n) is 4.95. The van der Waals surface area contributed by atoms with Crippen LogP contribution in [0.5, 0.6) is 0 Å². The molecule has 0 amide bonds. The molecular weight excluding hydrogens is 272 g/mol. The van der Waals surface area contributed by atoms with Gasteiger partial charge in [-0.2, -0.15) is 5.10 Å². The molecule has 0 bridgehead atoms. The van der Waals surface area contributed by atoms with Gasteiger partial charge in [0.25, 0.3) is 0 Å². The maximum Gasteiger partial charge on any atom is 0.0868 e. The van der Waals surface area contributed by atoms with Gasteiger partial charge in [-0.3, -0.25) is 4.68 Å². The monoisotopic (exact) mass is 288 g/mol. The van der Waals surface area contributed by atoms with Crippen LogP contribution in [0, 0.1) is 0 Å². The lowest BCUT2D eigenvalue weighted by molar-refractivity contribution is 0.670. The SMILES string of the molecule is CCc1nn(C)c(Cn2ccc3ccc(N)cc32)c1Cl. The third-order valence-electron chi connectivity index (χ3n) is 3.62. The molecule has 5 heteroatoms. The minimum atomic E-state index is 0.690. The second-order valence-corrected chi connectivity index (χ2v) is 5.32. The van der Waals surface area contributed by atoms with Gasteiger partial charge in [0.1, 0.15) is 0 Å². The third kappa shape index (κ3) is 2.06. The summed E-state index contributed by atoms with van der Waals surface area (Å²) in [7, 11) is 1.93. The summed E-state index contributed by atoms with van der Waals surface area (Å²) in [6, 6.07) is 8.02. The maximum absolute atomic E-state index is 6.41. The van der Waals surface area contributed by atoms with E-state index in [4.69, 9.17) is 17.3 Å². The van der Waals surface area contributed by atoms with Crippen molar-refractivity contribution in [2.24, 2.45) is 7.05 Å². The molecule has 2 aromatic heterocycles. The van der Waals surface area contributed by atoms with Crippen molar-refractivity contribution in [2.75, 3.05) is 5.73 Å². The highest BCUT2D eigenvalue weighted by Crippen LogP contribution is 2.24. The summed E-state index contributed by atoms with van der Waals surface area (Å²) in [5.41, 5.74) is 9.71. The molecule has 104 valence electrons. The molecule has 2 heterocycles. The number of anilines is 1. The number of hydrogen-bond acceptors (Lipinski definition) is 2. The average Bonchev–Trinajstić information content (AvgIpc) is 2.94. The van der Waals surface area contributed by atoms with Crippen LogP contribution in [0.2, 0.25) is 5.02 Å². The van der Waals surface area contributed by atoms with Crippen molar-refractivity contribution in [3.63, 3.8) is 0 Å². The quantitative estimate of drug-likeness (QED) is 0.752. The highest BCUT2D eigenvalue weighted by molar-refractivity contribution is 6.31. The van der Waals surface area contributed by atoms with E-state index in [2.05, 4.69) is 28.9 Å². The molecule has 3 aromatic rings. The number of nitrogens with two attached hydrogens (primary N) is 1. The predicted octanol–water partition coefficient (Wildman–Crippen LogP) is 3.22. The van der Waals surface area contributed by atoms with Crippen LogP contribution >= 0.6 is 11.6 Å². The Morgan fingerprint density at radius 1 is 1.30 bits per heavy atom. The van der Waals surface area contributed by atoms with E-state index in [9.17, 15) is 0 Å². The Labute approximate surface area is 122 Å². The van der Waals surface area contributed by atoms with E-state index in [0.717, 1.165) is 34.0 Å². The molecular formula is C15H17ClN4. The highest BCUT2D eigenvalue weighted by Gasteiger charge is 2.14. The predicted molar refractivity (Wildman–Crippen MR) is 83.0 cm³/mol. The van der Waals surface area contributed by atoms with Crippen LogP contribution < -0.4 is 5.73 Å². The van der Waals surface area contributed by atoms with Crippen LogP contribution in [0.15, 0.2) is 30.5 Å². The Morgan fingerprint density at radius 3 is 2.80 bits per heavy atom. The number of rotatable bonds is 3. The number of hydrogen-bond donors (Lipinski definition) is 1. The molecule has 0 spiro atoms. The fourth-order valence-corrected chi connectivity index (χ4v) is 2.85. The minimum Gasteiger partial charge on any atom is -0.399 e. The Hall–Kier alpha value is -1.94. The van der Waals surface area contributed by atoms with E-state index in [1.165, 1.54) is 5.39 Å². The first kappa shape index (κ1) is 13.1. The van der Waals surface area contributed by atoms with Gasteiger partial charge in [0, 0.05) is 18.9 Å². The normalized spacial score (nSPS) is 11.3. The molecule has 20 heavy (non-hydrogen) atoms. The van der Waals surface area contributed by atoms with Crippen molar-refractivity contribution in [3.05, 3.63) is 46.9 Å². The molecule has 0 atom stereocenters. The Bertz CT molecular complexity index is 770. The first-order valence-corrected chi connectivity index (χ1v) is 7.02. The van der Waals surface area contributed by atoms with E-state index in [-0.39, 0.29) is 0 Å². The summed E-state index contributed by atoms with van der Waals surface area (Å²) >= 11 is 6.41. The molecule has 0 unspecified atom stereocenters. The molecule has 0 saturated heterocycles. The molecule has 4 nitrogen and oxygen atoms in total. The minimum absolute atomic E-state index is 0.690. The van der Waals surface area contributed by atoms with E-state index >= 15 is 0 Å². The Morgan fingerprint density at radius 2 is 2.10 bits per heavy atom.